The molecule has 18 heavy (non-hydrogen) atoms. The summed E-state index contributed by atoms with van der Waals surface area (Å²) in [5.74, 6) is 0.518. The minimum absolute atomic E-state index is 0.518. The van der Waals surface area contributed by atoms with Gasteiger partial charge in [-0.05, 0) is 36.2 Å². The molecule has 2 rings (SSSR count). The predicted molar refractivity (Wildman–Crippen MR) is 70.7 cm³/mol. The lowest BCUT2D eigenvalue weighted by atomic mass is 10.0. The molecule has 0 unspecified atom stereocenters. The molecule has 1 aromatic rings. The number of hydrogen-bond donors (Lipinski definition) is 3. The number of benzene rings is 1. The van der Waals surface area contributed by atoms with Crippen molar-refractivity contribution in [2.24, 2.45) is 0 Å². The van der Waals surface area contributed by atoms with Crippen molar-refractivity contribution < 1.29 is 19.1 Å². The smallest absolute Gasteiger partial charge is 0.362 e. The fourth-order valence-electron chi connectivity index (χ4n) is 1.70. The van der Waals surface area contributed by atoms with Crippen LogP contribution in [0.25, 0.3) is 0 Å². The maximum absolute atomic E-state index is 10.7. The van der Waals surface area contributed by atoms with Crippen LogP contribution < -0.4 is 10.1 Å². The zero-order valence-electron chi connectivity index (χ0n) is 10.7. The van der Waals surface area contributed by atoms with Crippen molar-refractivity contribution in [1.29, 1.82) is 0 Å². The van der Waals surface area contributed by atoms with Crippen LogP contribution in [0.2, 0.25) is 0 Å². The molecule has 1 heterocycles. The maximum atomic E-state index is 10.7. The zero-order chi connectivity index (χ0) is 13.6. The highest BCUT2D eigenvalue weighted by Crippen LogP contribution is 2.34. The summed E-state index contributed by atoms with van der Waals surface area (Å²) in [6.07, 6.45) is 0.354. The summed E-state index contributed by atoms with van der Waals surface area (Å²) >= 11 is 0. The first kappa shape index (κ1) is 15.2. The van der Waals surface area contributed by atoms with E-state index in [2.05, 4.69) is 5.32 Å². The van der Waals surface area contributed by atoms with E-state index in [9.17, 15) is 4.57 Å². The minimum Gasteiger partial charge on any atom is -0.481 e. The molecule has 0 bridgehead atoms. The van der Waals surface area contributed by atoms with Crippen molar-refractivity contribution in [1.82, 2.24) is 5.32 Å². The van der Waals surface area contributed by atoms with Crippen molar-refractivity contribution >= 4 is 7.60 Å². The molecule has 0 saturated heterocycles. The standard InChI is InChI=1S/C10H14NO4P.C2H6/c12-16(13,14)7-15-10-2-1-9-6-11-4-3-8(9)5-10;1-2/h1-2,5,11H,3-4,6-7H2,(H2,12,13,14);1-2H3. The molecule has 5 nitrogen and oxygen atoms in total. The monoisotopic (exact) mass is 273 g/mol. The van der Waals surface area contributed by atoms with Crippen LogP contribution in [0.3, 0.4) is 0 Å². The lowest BCUT2D eigenvalue weighted by molar-refractivity contribution is 0.300. The molecule has 0 atom stereocenters. The van der Waals surface area contributed by atoms with Gasteiger partial charge in [0.15, 0.2) is 6.35 Å². The summed E-state index contributed by atoms with van der Waals surface area (Å²) in [6, 6.07) is 5.52. The Bertz CT molecular complexity index is 430. The van der Waals surface area contributed by atoms with Gasteiger partial charge in [0.2, 0.25) is 0 Å². The van der Waals surface area contributed by atoms with Gasteiger partial charge in [0.25, 0.3) is 0 Å². The molecule has 102 valence electrons. The van der Waals surface area contributed by atoms with E-state index >= 15 is 0 Å². The third kappa shape index (κ3) is 4.78. The highest BCUT2D eigenvalue weighted by Gasteiger charge is 2.15. The lowest BCUT2D eigenvalue weighted by Crippen LogP contribution is -2.23. The second kappa shape index (κ2) is 6.90. The first-order valence-corrected chi connectivity index (χ1v) is 7.84. The first-order chi connectivity index (χ1) is 8.54. The Kier molecular flexibility index (Phi) is 5.82. The van der Waals surface area contributed by atoms with Gasteiger partial charge in [0, 0.05) is 6.54 Å². The lowest BCUT2D eigenvalue weighted by Gasteiger charge is -2.18. The highest BCUT2D eigenvalue weighted by molar-refractivity contribution is 7.51. The van der Waals surface area contributed by atoms with Crippen LogP contribution >= 0.6 is 7.60 Å². The Hall–Kier alpha value is -0.870. The molecule has 0 spiro atoms. The molecule has 0 aliphatic carbocycles. The summed E-state index contributed by atoms with van der Waals surface area (Å²) in [5, 5.41) is 3.25. The molecule has 1 aromatic carbocycles. The molecule has 0 aromatic heterocycles. The minimum atomic E-state index is -4.09. The number of nitrogens with one attached hydrogen (secondary N) is 1. The van der Waals surface area contributed by atoms with Crippen molar-refractivity contribution in [3.05, 3.63) is 29.3 Å². The Labute approximate surface area is 107 Å². The van der Waals surface area contributed by atoms with Crippen molar-refractivity contribution in [2.75, 3.05) is 12.9 Å². The fraction of sp³-hybridized carbons (Fsp3) is 0.500. The van der Waals surface area contributed by atoms with Crippen LogP contribution in [0.4, 0.5) is 0 Å². The highest BCUT2D eigenvalue weighted by atomic mass is 31.2. The maximum Gasteiger partial charge on any atom is 0.362 e. The Balaban J connectivity index is 0.000000771. The van der Waals surface area contributed by atoms with Crippen molar-refractivity contribution in [3.8, 4) is 5.75 Å². The van der Waals surface area contributed by atoms with Gasteiger partial charge in [-0.15, -0.1) is 0 Å². The number of hydrogen-bond acceptors (Lipinski definition) is 3. The third-order valence-corrected chi connectivity index (χ3v) is 2.93. The van der Waals surface area contributed by atoms with Gasteiger partial charge in [-0.1, -0.05) is 19.9 Å². The summed E-state index contributed by atoms with van der Waals surface area (Å²) in [7, 11) is -4.09. The van der Waals surface area contributed by atoms with Gasteiger partial charge in [0.05, 0.1) is 0 Å². The predicted octanol–water partition coefficient (Wildman–Crippen LogP) is 1.87. The average molecular weight is 273 g/mol. The van der Waals surface area contributed by atoms with Crippen LogP contribution in [0.15, 0.2) is 18.2 Å². The quantitative estimate of drug-likeness (QED) is 0.733. The Morgan fingerprint density at radius 2 is 2.06 bits per heavy atom. The molecule has 0 amide bonds. The van der Waals surface area contributed by atoms with E-state index in [0.717, 1.165) is 19.5 Å². The Morgan fingerprint density at radius 1 is 1.33 bits per heavy atom. The normalized spacial score (nSPS) is 14.2. The van der Waals surface area contributed by atoms with Gasteiger partial charge >= 0.3 is 7.60 Å². The van der Waals surface area contributed by atoms with Crippen LogP contribution in [-0.4, -0.2) is 22.7 Å². The van der Waals surface area contributed by atoms with E-state index in [0.29, 0.717) is 5.75 Å². The molecule has 0 saturated carbocycles. The SMILES string of the molecule is CC.O=P(O)(O)COc1ccc2c(c1)CCNC2. The average Bonchev–Trinajstić information content (AvgIpc) is 2.38. The van der Waals surface area contributed by atoms with E-state index in [1.54, 1.807) is 6.07 Å². The van der Waals surface area contributed by atoms with E-state index in [1.807, 2.05) is 26.0 Å². The molecule has 3 N–H and O–H groups in total. The third-order valence-electron chi connectivity index (χ3n) is 2.46. The zero-order valence-corrected chi connectivity index (χ0v) is 11.6. The van der Waals surface area contributed by atoms with Crippen molar-refractivity contribution in [2.45, 2.75) is 26.8 Å². The van der Waals surface area contributed by atoms with Gasteiger partial charge in [-0.3, -0.25) is 4.57 Å². The van der Waals surface area contributed by atoms with Crippen LogP contribution in [0.1, 0.15) is 25.0 Å². The molecule has 0 radical (unpaired) electrons. The second-order valence-electron chi connectivity index (χ2n) is 3.80. The van der Waals surface area contributed by atoms with E-state index in [1.165, 1.54) is 11.1 Å². The molecular formula is C12H20NO4P. The molecule has 0 fully saturated rings. The number of ether oxygens (including phenoxy) is 1. The fourth-order valence-corrected chi connectivity index (χ4v) is 2.02. The number of fused-ring (bicyclic) bond motifs is 1. The van der Waals surface area contributed by atoms with Gasteiger partial charge in [-0.2, -0.15) is 0 Å². The molecule has 6 heteroatoms. The van der Waals surface area contributed by atoms with Gasteiger partial charge < -0.3 is 19.8 Å². The molecular weight excluding hydrogens is 253 g/mol. The van der Waals surface area contributed by atoms with Gasteiger partial charge in [-0.25, -0.2) is 0 Å². The van der Waals surface area contributed by atoms with Gasteiger partial charge in [0.1, 0.15) is 5.75 Å². The first-order valence-electron chi connectivity index (χ1n) is 6.04. The van der Waals surface area contributed by atoms with Crippen LogP contribution in [0, 0.1) is 0 Å². The topological polar surface area (TPSA) is 78.8 Å². The van der Waals surface area contributed by atoms with Crippen molar-refractivity contribution in [3.63, 3.8) is 0 Å². The molecule has 1 aliphatic heterocycles. The van der Waals surface area contributed by atoms with E-state index in [-0.39, 0.29) is 0 Å². The van der Waals surface area contributed by atoms with E-state index < -0.39 is 13.9 Å². The summed E-state index contributed by atoms with van der Waals surface area (Å²) < 4.78 is 15.7. The van der Waals surface area contributed by atoms with Crippen LogP contribution in [0.5, 0.6) is 5.75 Å². The van der Waals surface area contributed by atoms with E-state index in [4.69, 9.17) is 14.5 Å². The summed E-state index contributed by atoms with van der Waals surface area (Å²) in [5.41, 5.74) is 2.40. The number of rotatable bonds is 3. The molecule has 1 aliphatic rings. The largest absolute Gasteiger partial charge is 0.481 e. The summed E-state index contributed by atoms with van der Waals surface area (Å²) in [6.45, 7) is 5.77. The summed E-state index contributed by atoms with van der Waals surface area (Å²) in [4.78, 5) is 17.4. The Morgan fingerprint density at radius 3 is 2.72 bits per heavy atom. The second-order valence-corrected chi connectivity index (χ2v) is 5.38. The van der Waals surface area contributed by atoms with Crippen LogP contribution in [-0.2, 0) is 17.5 Å².